The summed E-state index contributed by atoms with van der Waals surface area (Å²) in [5, 5.41) is 0. The molecule has 1 aromatic carbocycles. The lowest BCUT2D eigenvalue weighted by molar-refractivity contribution is -0.140. The van der Waals surface area contributed by atoms with E-state index in [2.05, 4.69) is 4.99 Å². The van der Waals surface area contributed by atoms with Gasteiger partial charge in [-0.15, -0.1) is 0 Å². The molecule has 0 spiro atoms. The number of rotatable bonds is 5. The van der Waals surface area contributed by atoms with E-state index in [4.69, 9.17) is 4.74 Å². The molecule has 0 atom stereocenters. The fourth-order valence-corrected chi connectivity index (χ4v) is 2.49. The molecular formula is C17H19F4N3O2. The summed E-state index contributed by atoms with van der Waals surface area (Å²) in [4.78, 5) is 16.1. The fraction of sp³-hybridized carbons (Fsp3) is 0.412. The van der Waals surface area contributed by atoms with Crippen molar-refractivity contribution in [1.29, 1.82) is 0 Å². The van der Waals surface area contributed by atoms with Gasteiger partial charge in [0, 0.05) is 39.1 Å². The Balaban J connectivity index is 2.45. The van der Waals surface area contributed by atoms with Gasteiger partial charge in [0.15, 0.2) is 5.49 Å². The summed E-state index contributed by atoms with van der Waals surface area (Å²) < 4.78 is 61.0. The molecule has 0 N–H and O–H groups in total. The predicted octanol–water partition coefficient (Wildman–Crippen LogP) is 3.07. The number of benzene rings is 1. The number of aryl methyl sites for hydroxylation is 1. The normalized spacial score (nSPS) is 12.7. The Morgan fingerprint density at radius 2 is 2.00 bits per heavy atom. The van der Waals surface area contributed by atoms with Crippen molar-refractivity contribution in [3.63, 3.8) is 0 Å². The van der Waals surface area contributed by atoms with Gasteiger partial charge in [-0.25, -0.2) is 4.39 Å². The minimum atomic E-state index is -4.89. The van der Waals surface area contributed by atoms with E-state index in [1.165, 1.54) is 0 Å². The molecule has 0 radical (unpaired) electrons. The molecule has 26 heavy (non-hydrogen) atoms. The lowest BCUT2D eigenvalue weighted by Crippen LogP contribution is -2.25. The number of halogens is 4. The molecule has 0 aliphatic heterocycles. The van der Waals surface area contributed by atoms with Crippen LogP contribution < -0.4 is 5.49 Å². The third-order valence-corrected chi connectivity index (χ3v) is 3.94. The highest BCUT2D eigenvalue weighted by molar-refractivity contribution is 5.95. The summed E-state index contributed by atoms with van der Waals surface area (Å²) in [5.41, 5.74) is -1.18. The van der Waals surface area contributed by atoms with Crippen LogP contribution in [0.2, 0.25) is 0 Å². The Morgan fingerprint density at radius 1 is 1.31 bits per heavy atom. The first-order chi connectivity index (χ1) is 12.2. The maximum Gasteiger partial charge on any atom is 0.419 e. The molecule has 0 aliphatic rings. The minimum absolute atomic E-state index is 0.239. The maximum absolute atomic E-state index is 14.1. The van der Waals surface area contributed by atoms with E-state index in [0.29, 0.717) is 25.6 Å². The second kappa shape index (κ2) is 7.86. The summed E-state index contributed by atoms with van der Waals surface area (Å²) >= 11 is 0. The Morgan fingerprint density at radius 3 is 2.62 bits per heavy atom. The van der Waals surface area contributed by atoms with Crippen molar-refractivity contribution in [2.24, 2.45) is 12.0 Å². The van der Waals surface area contributed by atoms with Crippen LogP contribution in [0.4, 0.5) is 17.6 Å². The van der Waals surface area contributed by atoms with E-state index in [1.54, 1.807) is 36.5 Å². The van der Waals surface area contributed by atoms with Crippen molar-refractivity contribution in [1.82, 2.24) is 9.36 Å². The first-order valence-corrected chi connectivity index (χ1v) is 7.84. The average molecular weight is 373 g/mol. The highest BCUT2D eigenvalue weighted by Crippen LogP contribution is 2.32. The van der Waals surface area contributed by atoms with Gasteiger partial charge >= 0.3 is 6.18 Å². The van der Waals surface area contributed by atoms with Crippen LogP contribution in [0.5, 0.6) is 0 Å². The lowest BCUT2D eigenvalue weighted by atomic mass is 10.1. The van der Waals surface area contributed by atoms with Crippen molar-refractivity contribution in [3.05, 3.63) is 52.4 Å². The molecule has 1 heterocycles. The van der Waals surface area contributed by atoms with Crippen molar-refractivity contribution in [2.45, 2.75) is 26.1 Å². The molecule has 0 unspecified atom stereocenters. The van der Waals surface area contributed by atoms with Gasteiger partial charge in [0.05, 0.1) is 11.1 Å². The summed E-state index contributed by atoms with van der Waals surface area (Å²) in [7, 11) is 3.32. The smallest absolute Gasteiger partial charge is 0.385 e. The SMILES string of the molecule is COCCCn1c(=NC(=O)c2cccc(C(F)(F)F)c2F)cc(C)n1C. The Labute approximate surface area is 147 Å². The van der Waals surface area contributed by atoms with Crippen molar-refractivity contribution in [2.75, 3.05) is 13.7 Å². The molecule has 0 saturated carbocycles. The molecule has 142 valence electrons. The van der Waals surface area contributed by atoms with Gasteiger partial charge in [0.25, 0.3) is 5.91 Å². The van der Waals surface area contributed by atoms with Gasteiger partial charge < -0.3 is 4.74 Å². The van der Waals surface area contributed by atoms with Crippen LogP contribution in [-0.2, 0) is 24.5 Å². The number of hydrogen-bond donors (Lipinski definition) is 0. The third-order valence-electron chi connectivity index (χ3n) is 3.94. The first-order valence-electron chi connectivity index (χ1n) is 7.84. The quantitative estimate of drug-likeness (QED) is 0.597. The van der Waals surface area contributed by atoms with Gasteiger partial charge in [-0.1, -0.05) is 6.07 Å². The number of ether oxygens (including phenoxy) is 1. The van der Waals surface area contributed by atoms with E-state index < -0.39 is 29.0 Å². The molecule has 1 amide bonds. The summed E-state index contributed by atoms with van der Waals surface area (Å²) in [6.45, 7) is 2.77. The average Bonchev–Trinajstić information content (AvgIpc) is 2.81. The number of carbonyl (C=O) groups is 1. The van der Waals surface area contributed by atoms with Crippen molar-refractivity contribution < 1.29 is 27.1 Å². The van der Waals surface area contributed by atoms with E-state index >= 15 is 0 Å². The largest absolute Gasteiger partial charge is 0.419 e. The number of alkyl halides is 3. The molecule has 9 heteroatoms. The highest BCUT2D eigenvalue weighted by Gasteiger charge is 2.35. The van der Waals surface area contributed by atoms with Crippen LogP contribution in [0.15, 0.2) is 29.3 Å². The van der Waals surface area contributed by atoms with Gasteiger partial charge in [-0.3, -0.25) is 14.2 Å². The van der Waals surface area contributed by atoms with Gasteiger partial charge in [0.1, 0.15) is 5.82 Å². The molecular weight excluding hydrogens is 354 g/mol. The predicted molar refractivity (Wildman–Crippen MR) is 85.9 cm³/mol. The van der Waals surface area contributed by atoms with E-state index in [1.807, 2.05) is 0 Å². The molecule has 0 aliphatic carbocycles. The molecule has 2 aromatic rings. The van der Waals surface area contributed by atoms with Crippen molar-refractivity contribution in [3.8, 4) is 0 Å². The number of hydrogen-bond acceptors (Lipinski definition) is 2. The zero-order valence-corrected chi connectivity index (χ0v) is 14.6. The van der Waals surface area contributed by atoms with Crippen LogP contribution >= 0.6 is 0 Å². The highest BCUT2D eigenvalue weighted by atomic mass is 19.4. The van der Waals surface area contributed by atoms with Gasteiger partial charge in [-0.2, -0.15) is 18.2 Å². The Hall–Kier alpha value is -2.42. The Bertz CT molecular complexity index is 866. The lowest BCUT2D eigenvalue weighted by Gasteiger charge is -2.10. The van der Waals surface area contributed by atoms with Gasteiger partial charge in [-0.05, 0) is 25.5 Å². The van der Waals surface area contributed by atoms with Crippen LogP contribution in [0.3, 0.4) is 0 Å². The molecule has 5 nitrogen and oxygen atoms in total. The number of aromatic nitrogens is 2. The standard InChI is InChI=1S/C17H19F4N3O2/c1-11-10-14(24(23(11)2)8-5-9-26-3)22-16(25)12-6-4-7-13(15(12)18)17(19,20)21/h4,6-7,10H,5,8-9H2,1-3H3. The summed E-state index contributed by atoms with van der Waals surface area (Å²) in [6.07, 6.45) is -4.24. The third kappa shape index (κ3) is 4.21. The van der Waals surface area contributed by atoms with Crippen LogP contribution in [0.25, 0.3) is 0 Å². The molecule has 0 saturated heterocycles. The van der Waals surface area contributed by atoms with Crippen LogP contribution in [-0.4, -0.2) is 29.0 Å². The second-order valence-electron chi connectivity index (χ2n) is 5.72. The van der Waals surface area contributed by atoms with Crippen LogP contribution in [0.1, 0.15) is 28.0 Å². The van der Waals surface area contributed by atoms with Crippen molar-refractivity contribution >= 4 is 5.91 Å². The van der Waals surface area contributed by atoms with Gasteiger partial charge in [0.2, 0.25) is 0 Å². The first kappa shape index (κ1) is 19.9. The fourth-order valence-electron chi connectivity index (χ4n) is 2.49. The summed E-state index contributed by atoms with van der Waals surface area (Å²) in [5.74, 6) is -2.69. The number of amides is 1. The number of carbonyl (C=O) groups excluding carboxylic acids is 1. The topological polar surface area (TPSA) is 48.5 Å². The zero-order valence-electron chi connectivity index (χ0n) is 14.6. The number of nitrogens with zero attached hydrogens (tertiary/aromatic N) is 3. The number of methoxy groups -OCH3 is 1. The van der Waals surface area contributed by atoms with Crippen LogP contribution in [0, 0.1) is 12.7 Å². The van der Waals surface area contributed by atoms with E-state index in [0.717, 1.165) is 17.8 Å². The molecule has 0 bridgehead atoms. The summed E-state index contributed by atoms with van der Waals surface area (Å²) in [6, 6.07) is 4.17. The van der Waals surface area contributed by atoms with E-state index in [-0.39, 0.29) is 5.49 Å². The molecule has 0 fully saturated rings. The molecule has 1 aromatic heterocycles. The second-order valence-corrected chi connectivity index (χ2v) is 5.72. The maximum atomic E-state index is 14.1. The molecule has 2 rings (SSSR count). The zero-order chi connectivity index (χ0) is 19.5. The minimum Gasteiger partial charge on any atom is -0.385 e. The monoisotopic (exact) mass is 373 g/mol. The van der Waals surface area contributed by atoms with E-state index in [9.17, 15) is 22.4 Å². The Kier molecular flexibility index (Phi) is 6.01.